The number of nitrogens with one attached hydrogen (secondary N) is 3. The van der Waals surface area contributed by atoms with E-state index >= 15 is 0 Å². The molecule has 0 bridgehead atoms. The van der Waals surface area contributed by atoms with E-state index in [1.807, 2.05) is 39.8 Å². The third-order valence-corrected chi connectivity index (χ3v) is 4.87. The lowest BCUT2D eigenvalue weighted by molar-refractivity contribution is -0.128. The van der Waals surface area contributed by atoms with Crippen molar-refractivity contribution in [1.82, 2.24) is 10.9 Å². The van der Waals surface area contributed by atoms with Crippen LogP contribution in [0.3, 0.4) is 0 Å². The maximum absolute atomic E-state index is 12.3. The predicted molar refractivity (Wildman–Crippen MR) is 124 cm³/mol. The summed E-state index contributed by atoms with van der Waals surface area (Å²) in [5.74, 6) is -0.141. The summed E-state index contributed by atoms with van der Waals surface area (Å²) >= 11 is 3.43. The van der Waals surface area contributed by atoms with Crippen LogP contribution < -0.4 is 20.9 Å². The van der Waals surface area contributed by atoms with Crippen LogP contribution in [-0.2, 0) is 9.59 Å². The fraction of sp³-hybridized carbons (Fsp3) is 0.348. The van der Waals surface area contributed by atoms with Gasteiger partial charge in [-0.25, -0.2) is 0 Å². The number of aryl methyl sites for hydroxylation is 2. The number of carbonyl (C=O) groups excluding carboxylic acids is 3. The van der Waals surface area contributed by atoms with Crippen molar-refractivity contribution in [2.24, 2.45) is 5.92 Å². The smallest absolute Gasteiger partial charge is 0.279 e. The first-order chi connectivity index (χ1) is 14.6. The summed E-state index contributed by atoms with van der Waals surface area (Å²) in [4.78, 5) is 36.4. The highest BCUT2D eigenvalue weighted by Crippen LogP contribution is 2.28. The molecule has 8 heteroatoms. The highest BCUT2D eigenvalue weighted by Gasteiger charge is 2.18. The van der Waals surface area contributed by atoms with E-state index in [1.165, 1.54) is 0 Å². The number of rotatable bonds is 7. The first-order valence-corrected chi connectivity index (χ1v) is 10.8. The van der Waals surface area contributed by atoms with Crippen molar-refractivity contribution in [3.05, 3.63) is 57.6 Å². The monoisotopic (exact) mass is 489 g/mol. The topological polar surface area (TPSA) is 96.5 Å². The first-order valence-electron chi connectivity index (χ1n) is 10.00. The third kappa shape index (κ3) is 7.40. The Hall–Kier alpha value is -2.87. The summed E-state index contributed by atoms with van der Waals surface area (Å²) in [5.41, 5.74) is 7.50. The van der Waals surface area contributed by atoms with E-state index in [9.17, 15) is 14.4 Å². The molecule has 0 aliphatic heterocycles. The molecule has 0 spiro atoms. The SMILES string of the molecule is Cc1cc(Br)cc(C)c1OC(C)C(=O)NNC(=O)c1ccc(NC(=O)CC(C)C)cc1. The number of benzene rings is 2. The van der Waals surface area contributed by atoms with E-state index in [0.717, 1.165) is 15.6 Å². The summed E-state index contributed by atoms with van der Waals surface area (Å²) in [5, 5.41) is 2.78. The zero-order valence-electron chi connectivity index (χ0n) is 18.3. The van der Waals surface area contributed by atoms with Gasteiger partial charge in [-0.1, -0.05) is 29.8 Å². The Bertz CT molecular complexity index is 935. The molecular formula is C23H28BrN3O4. The Kier molecular flexibility index (Phi) is 8.62. The number of hydrogen-bond donors (Lipinski definition) is 3. The van der Waals surface area contributed by atoms with Gasteiger partial charge >= 0.3 is 0 Å². The lowest BCUT2D eigenvalue weighted by Gasteiger charge is -2.18. The number of ether oxygens (including phenoxy) is 1. The Labute approximate surface area is 191 Å². The van der Waals surface area contributed by atoms with Crippen molar-refractivity contribution in [3.63, 3.8) is 0 Å². The van der Waals surface area contributed by atoms with Crippen molar-refractivity contribution in [2.75, 3.05) is 5.32 Å². The molecule has 31 heavy (non-hydrogen) atoms. The zero-order chi connectivity index (χ0) is 23.1. The van der Waals surface area contributed by atoms with E-state index in [1.54, 1.807) is 31.2 Å². The van der Waals surface area contributed by atoms with Crippen molar-refractivity contribution in [1.29, 1.82) is 0 Å². The molecule has 3 amide bonds. The number of carbonyl (C=O) groups is 3. The summed E-state index contributed by atoms with van der Waals surface area (Å²) in [6.45, 7) is 9.34. The summed E-state index contributed by atoms with van der Waals surface area (Å²) in [6.07, 6.45) is -0.384. The van der Waals surface area contributed by atoms with Gasteiger partial charge in [0.05, 0.1) is 0 Å². The minimum atomic E-state index is -0.808. The molecule has 0 saturated carbocycles. The molecule has 3 N–H and O–H groups in total. The number of hydrazine groups is 1. The Morgan fingerprint density at radius 1 is 0.968 bits per heavy atom. The molecule has 1 atom stereocenters. The molecule has 0 heterocycles. The molecule has 0 aliphatic carbocycles. The summed E-state index contributed by atoms with van der Waals surface area (Å²) in [7, 11) is 0. The fourth-order valence-electron chi connectivity index (χ4n) is 2.89. The van der Waals surface area contributed by atoms with Crippen LogP contribution in [0, 0.1) is 19.8 Å². The average molecular weight is 490 g/mol. The molecule has 1 unspecified atom stereocenters. The van der Waals surface area contributed by atoms with Crippen LogP contribution in [0.25, 0.3) is 0 Å². The highest BCUT2D eigenvalue weighted by molar-refractivity contribution is 9.10. The Morgan fingerprint density at radius 2 is 1.55 bits per heavy atom. The van der Waals surface area contributed by atoms with Crippen LogP contribution in [0.4, 0.5) is 5.69 Å². The van der Waals surface area contributed by atoms with E-state index < -0.39 is 17.9 Å². The van der Waals surface area contributed by atoms with Crippen LogP contribution in [0.2, 0.25) is 0 Å². The standard InChI is InChI=1S/C23H28BrN3O4/c1-13(2)10-20(28)25-19-8-6-17(7-9-19)23(30)27-26-22(29)16(5)31-21-14(3)11-18(24)12-15(21)4/h6-9,11-13,16H,10H2,1-5H3,(H,25,28)(H,26,29)(H,27,30). The molecular weight excluding hydrogens is 462 g/mol. The van der Waals surface area contributed by atoms with Gasteiger partial charge in [0, 0.05) is 22.1 Å². The van der Waals surface area contributed by atoms with Crippen LogP contribution in [0.1, 0.15) is 48.7 Å². The summed E-state index contributed by atoms with van der Waals surface area (Å²) < 4.78 is 6.72. The molecule has 2 aromatic carbocycles. The number of halogens is 1. The van der Waals surface area contributed by atoms with Gasteiger partial charge in [0.15, 0.2) is 6.10 Å². The maximum atomic E-state index is 12.3. The van der Waals surface area contributed by atoms with Gasteiger partial charge in [-0.2, -0.15) is 0 Å². The van der Waals surface area contributed by atoms with Gasteiger partial charge in [0.2, 0.25) is 5.91 Å². The van der Waals surface area contributed by atoms with Crippen molar-refractivity contribution >= 4 is 39.3 Å². The van der Waals surface area contributed by atoms with Crippen LogP contribution in [0.15, 0.2) is 40.9 Å². The van der Waals surface area contributed by atoms with E-state index in [2.05, 4.69) is 32.1 Å². The van der Waals surface area contributed by atoms with Gasteiger partial charge < -0.3 is 10.1 Å². The second kappa shape index (κ2) is 10.9. The zero-order valence-corrected chi connectivity index (χ0v) is 19.9. The lowest BCUT2D eigenvalue weighted by Crippen LogP contribution is -2.47. The van der Waals surface area contributed by atoms with E-state index in [0.29, 0.717) is 23.4 Å². The number of anilines is 1. The van der Waals surface area contributed by atoms with Gasteiger partial charge in [0.1, 0.15) is 5.75 Å². The van der Waals surface area contributed by atoms with E-state index in [-0.39, 0.29) is 11.8 Å². The normalized spacial score (nSPS) is 11.6. The van der Waals surface area contributed by atoms with Gasteiger partial charge in [-0.15, -0.1) is 0 Å². The molecule has 0 aliphatic rings. The van der Waals surface area contributed by atoms with Crippen LogP contribution >= 0.6 is 15.9 Å². The van der Waals surface area contributed by atoms with Gasteiger partial charge in [0.25, 0.3) is 11.8 Å². The van der Waals surface area contributed by atoms with Gasteiger partial charge in [-0.3, -0.25) is 25.2 Å². The second-order valence-electron chi connectivity index (χ2n) is 7.80. The molecule has 0 saturated heterocycles. The molecule has 2 rings (SSSR count). The van der Waals surface area contributed by atoms with Crippen molar-refractivity contribution < 1.29 is 19.1 Å². The Morgan fingerprint density at radius 3 is 2.10 bits per heavy atom. The molecule has 0 radical (unpaired) electrons. The maximum Gasteiger partial charge on any atom is 0.279 e. The van der Waals surface area contributed by atoms with Crippen molar-refractivity contribution in [3.8, 4) is 5.75 Å². The number of amides is 3. The molecule has 2 aromatic rings. The number of hydrogen-bond acceptors (Lipinski definition) is 4. The quantitative estimate of drug-likeness (QED) is 0.505. The highest BCUT2D eigenvalue weighted by atomic mass is 79.9. The summed E-state index contributed by atoms with van der Waals surface area (Å²) in [6, 6.07) is 10.2. The second-order valence-corrected chi connectivity index (χ2v) is 8.71. The predicted octanol–water partition coefficient (Wildman–Crippen LogP) is 4.28. The average Bonchev–Trinajstić information content (AvgIpc) is 2.68. The Balaban J connectivity index is 1.89. The van der Waals surface area contributed by atoms with Crippen molar-refractivity contribution in [2.45, 2.75) is 47.1 Å². The molecule has 7 nitrogen and oxygen atoms in total. The third-order valence-electron chi connectivity index (χ3n) is 4.41. The minimum Gasteiger partial charge on any atom is -0.480 e. The molecule has 0 fully saturated rings. The first kappa shape index (κ1) is 24.4. The van der Waals surface area contributed by atoms with E-state index in [4.69, 9.17) is 4.74 Å². The van der Waals surface area contributed by atoms with Crippen LogP contribution in [0.5, 0.6) is 5.75 Å². The van der Waals surface area contributed by atoms with Gasteiger partial charge in [-0.05, 0) is 74.2 Å². The fourth-order valence-corrected chi connectivity index (χ4v) is 3.58. The largest absolute Gasteiger partial charge is 0.480 e. The minimum absolute atomic E-state index is 0.0790. The lowest BCUT2D eigenvalue weighted by atomic mass is 10.1. The molecule has 166 valence electrons. The molecule has 0 aromatic heterocycles. The van der Waals surface area contributed by atoms with Crippen LogP contribution in [-0.4, -0.2) is 23.8 Å².